The van der Waals surface area contributed by atoms with Crippen LogP contribution in [0.1, 0.15) is 32.1 Å². The summed E-state index contributed by atoms with van der Waals surface area (Å²) in [5.41, 5.74) is 0.552. The van der Waals surface area contributed by atoms with Crippen molar-refractivity contribution in [1.29, 1.82) is 0 Å². The number of likely N-dealkylation sites (tertiary alicyclic amines) is 1. The van der Waals surface area contributed by atoms with Gasteiger partial charge in [-0.3, -0.25) is 0 Å². The largest absolute Gasteiger partial charge is 0.310 e. The van der Waals surface area contributed by atoms with Gasteiger partial charge in [-0.05, 0) is 51.1 Å². The maximum atomic E-state index is 12.7. The Bertz CT molecular complexity index is 252. The number of rotatable bonds is 2. The summed E-state index contributed by atoms with van der Waals surface area (Å²) < 4.78 is 12.7. The van der Waals surface area contributed by atoms with Gasteiger partial charge in [0.25, 0.3) is 0 Å². The highest BCUT2D eigenvalue weighted by atomic mass is 19.1. The van der Waals surface area contributed by atoms with E-state index in [-0.39, 0.29) is 0 Å². The molecule has 1 heterocycles. The van der Waals surface area contributed by atoms with E-state index in [0.717, 1.165) is 12.8 Å². The van der Waals surface area contributed by atoms with Gasteiger partial charge >= 0.3 is 0 Å². The van der Waals surface area contributed by atoms with Gasteiger partial charge in [0.1, 0.15) is 6.17 Å². The van der Waals surface area contributed by atoms with Crippen LogP contribution in [0.2, 0.25) is 0 Å². The molecule has 3 heteroatoms. The monoisotopic (exact) mass is 212 g/mol. The van der Waals surface area contributed by atoms with Crippen LogP contribution in [0.4, 0.5) is 4.39 Å². The molecule has 0 amide bonds. The molecule has 1 aliphatic heterocycles. The van der Waals surface area contributed by atoms with Crippen LogP contribution in [0.25, 0.3) is 0 Å². The molecule has 0 bridgehead atoms. The van der Waals surface area contributed by atoms with Crippen LogP contribution < -0.4 is 5.32 Å². The maximum absolute atomic E-state index is 12.7. The predicted octanol–water partition coefficient (Wildman–Crippen LogP) is 1.56. The SMILES string of the molecule is CN1CCC2(CCC2NC2CC(F)C2)C1. The Labute approximate surface area is 91.2 Å². The van der Waals surface area contributed by atoms with Gasteiger partial charge in [0.05, 0.1) is 0 Å². The molecule has 2 unspecified atom stereocenters. The number of nitrogens with zero attached hydrogens (tertiary/aromatic N) is 1. The Hall–Kier alpha value is -0.150. The first-order chi connectivity index (χ1) is 7.18. The predicted molar refractivity (Wildman–Crippen MR) is 58.6 cm³/mol. The molecule has 2 aliphatic carbocycles. The molecule has 3 rings (SSSR count). The molecule has 3 fully saturated rings. The fourth-order valence-corrected chi connectivity index (χ4v) is 3.52. The van der Waals surface area contributed by atoms with Crippen molar-refractivity contribution < 1.29 is 4.39 Å². The Morgan fingerprint density at radius 3 is 2.60 bits per heavy atom. The maximum Gasteiger partial charge on any atom is 0.103 e. The molecule has 1 saturated heterocycles. The fourth-order valence-electron chi connectivity index (χ4n) is 3.52. The van der Waals surface area contributed by atoms with Crippen LogP contribution in [-0.4, -0.2) is 43.3 Å². The lowest BCUT2D eigenvalue weighted by molar-refractivity contribution is 0.0408. The highest BCUT2D eigenvalue weighted by Gasteiger charge is 2.50. The second-order valence-electron chi connectivity index (χ2n) is 5.87. The van der Waals surface area contributed by atoms with Gasteiger partial charge in [0, 0.05) is 18.6 Å². The number of hydrogen-bond donors (Lipinski definition) is 1. The zero-order chi connectivity index (χ0) is 10.5. The number of halogens is 1. The second kappa shape index (κ2) is 3.42. The molecule has 86 valence electrons. The minimum atomic E-state index is -0.523. The molecule has 2 atom stereocenters. The fraction of sp³-hybridized carbons (Fsp3) is 1.00. The van der Waals surface area contributed by atoms with Crippen LogP contribution in [0.5, 0.6) is 0 Å². The first-order valence-electron chi connectivity index (χ1n) is 6.27. The summed E-state index contributed by atoms with van der Waals surface area (Å²) in [4.78, 5) is 2.44. The lowest BCUT2D eigenvalue weighted by atomic mass is 9.63. The van der Waals surface area contributed by atoms with Crippen LogP contribution in [0.15, 0.2) is 0 Å². The lowest BCUT2D eigenvalue weighted by Crippen LogP contribution is -2.59. The van der Waals surface area contributed by atoms with Gasteiger partial charge in [-0.1, -0.05) is 0 Å². The molecule has 0 aromatic rings. The van der Waals surface area contributed by atoms with E-state index >= 15 is 0 Å². The van der Waals surface area contributed by atoms with E-state index in [1.165, 1.54) is 32.4 Å². The van der Waals surface area contributed by atoms with Gasteiger partial charge in [0.15, 0.2) is 0 Å². The highest BCUT2D eigenvalue weighted by molar-refractivity contribution is 5.07. The molecule has 3 aliphatic rings. The van der Waals surface area contributed by atoms with E-state index in [0.29, 0.717) is 17.5 Å². The molecular formula is C12H21FN2. The van der Waals surface area contributed by atoms with Crippen molar-refractivity contribution in [3.63, 3.8) is 0 Å². The van der Waals surface area contributed by atoms with Crippen molar-refractivity contribution in [2.45, 2.75) is 50.4 Å². The normalized spacial score (nSPS) is 50.4. The van der Waals surface area contributed by atoms with Gasteiger partial charge in [-0.2, -0.15) is 0 Å². The van der Waals surface area contributed by atoms with Gasteiger partial charge in [-0.25, -0.2) is 4.39 Å². The van der Waals surface area contributed by atoms with Crippen molar-refractivity contribution in [3.05, 3.63) is 0 Å². The first-order valence-corrected chi connectivity index (χ1v) is 6.27. The Balaban J connectivity index is 1.54. The highest BCUT2D eigenvalue weighted by Crippen LogP contribution is 2.48. The quantitative estimate of drug-likeness (QED) is 0.747. The minimum absolute atomic E-state index is 0.480. The molecule has 0 radical (unpaired) electrons. The zero-order valence-electron chi connectivity index (χ0n) is 9.51. The van der Waals surface area contributed by atoms with Crippen LogP contribution in [-0.2, 0) is 0 Å². The summed E-state index contributed by atoms with van der Waals surface area (Å²) in [6.45, 7) is 2.49. The standard InChI is InChI=1S/C12H21FN2/c1-15-5-4-12(8-15)3-2-11(12)14-10-6-9(13)7-10/h9-11,14H,2-8H2,1H3. The topological polar surface area (TPSA) is 15.3 Å². The third-order valence-corrected chi connectivity index (χ3v) is 4.76. The zero-order valence-corrected chi connectivity index (χ0v) is 9.51. The van der Waals surface area contributed by atoms with E-state index < -0.39 is 6.17 Å². The van der Waals surface area contributed by atoms with E-state index in [9.17, 15) is 4.39 Å². The average molecular weight is 212 g/mol. The molecule has 15 heavy (non-hydrogen) atoms. The number of alkyl halides is 1. The van der Waals surface area contributed by atoms with Gasteiger partial charge in [0.2, 0.25) is 0 Å². The van der Waals surface area contributed by atoms with E-state index in [2.05, 4.69) is 17.3 Å². The summed E-state index contributed by atoms with van der Waals surface area (Å²) in [5.74, 6) is 0. The molecule has 0 aromatic heterocycles. The molecule has 2 saturated carbocycles. The summed E-state index contributed by atoms with van der Waals surface area (Å²) in [7, 11) is 2.21. The van der Waals surface area contributed by atoms with Crippen molar-refractivity contribution in [2.24, 2.45) is 5.41 Å². The Morgan fingerprint density at radius 2 is 2.13 bits per heavy atom. The molecule has 2 nitrogen and oxygen atoms in total. The minimum Gasteiger partial charge on any atom is -0.310 e. The molecule has 1 N–H and O–H groups in total. The lowest BCUT2D eigenvalue weighted by Gasteiger charge is -2.50. The smallest absolute Gasteiger partial charge is 0.103 e. The van der Waals surface area contributed by atoms with Crippen LogP contribution >= 0.6 is 0 Å². The number of hydrogen-bond acceptors (Lipinski definition) is 2. The Morgan fingerprint density at radius 1 is 1.33 bits per heavy atom. The third-order valence-electron chi connectivity index (χ3n) is 4.76. The summed E-state index contributed by atoms with van der Waals surface area (Å²) in [5, 5.41) is 3.67. The van der Waals surface area contributed by atoms with Gasteiger partial charge < -0.3 is 10.2 Å². The van der Waals surface area contributed by atoms with E-state index in [1.54, 1.807) is 0 Å². The molecular weight excluding hydrogens is 191 g/mol. The second-order valence-corrected chi connectivity index (χ2v) is 5.87. The van der Waals surface area contributed by atoms with Crippen LogP contribution in [0.3, 0.4) is 0 Å². The average Bonchev–Trinajstić information content (AvgIpc) is 2.54. The van der Waals surface area contributed by atoms with Gasteiger partial charge in [-0.15, -0.1) is 0 Å². The molecule has 1 spiro atoms. The van der Waals surface area contributed by atoms with E-state index in [1.807, 2.05) is 0 Å². The van der Waals surface area contributed by atoms with Crippen molar-refractivity contribution in [2.75, 3.05) is 20.1 Å². The third kappa shape index (κ3) is 1.60. The van der Waals surface area contributed by atoms with Crippen molar-refractivity contribution >= 4 is 0 Å². The van der Waals surface area contributed by atoms with E-state index in [4.69, 9.17) is 0 Å². The first kappa shape index (κ1) is 10.0. The summed E-state index contributed by atoms with van der Waals surface area (Å²) in [6.07, 6.45) is 5.00. The van der Waals surface area contributed by atoms with Crippen molar-refractivity contribution in [1.82, 2.24) is 10.2 Å². The number of nitrogens with one attached hydrogen (secondary N) is 1. The van der Waals surface area contributed by atoms with Crippen LogP contribution in [0, 0.1) is 5.41 Å². The summed E-state index contributed by atoms with van der Waals surface area (Å²) >= 11 is 0. The summed E-state index contributed by atoms with van der Waals surface area (Å²) in [6, 6.07) is 1.16. The molecule has 0 aromatic carbocycles. The van der Waals surface area contributed by atoms with Crippen molar-refractivity contribution in [3.8, 4) is 0 Å². The Kier molecular flexibility index (Phi) is 2.29.